The minimum absolute atomic E-state index is 0.00911. The van der Waals surface area contributed by atoms with Gasteiger partial charge in [-0.15, -0.1) is 0 Å². The molecule has 4 N–H and O–H groups in total. The van der Waals surface area contributed by atoms with E-state index >= 15 is 0 Å². The van der Waals surface area contributed by atoms with Crippen LogP contribution in [0, 0.1) is 0 Å². The quantitative estimate of drug-likeness (QED) is 0.227. The van der Waals surface area contributed by atoms with E-state index in [9.17, 15) is 30.0 Å². The van der Waals surface area contributed by atoms with Gasteiger partial charge in [0.2, 0.25) is 0 Å². The summed E-state index contributed by atoms with van der Waals surface area (Å²) in [6.45, 7) is 8.52. The van der Waals surface area contributed by atoms with Gasteiger partial charge in [0, 0.05) is 25.0 Å². The number of phenolic OH excluding ortho intramolecular Hbond substituents is 2. The molecule has 0 heterocycles. The van der Waals surface area contributed by atoms with Gasteiger partial charge in [-0.3, -0.25) is 0 Å². The van der Waals surface area contributed by atoms with Crippen LogP contribution in [0.4, 0.5) is 0 Å². The summed E-state index contributed by atoms with van der Waals surface area (Å²) in [6.07, 6.45) is 1.10. The fourth-order valence-corrected chi connectivity index (χ4v) is 4.45. The van der Waals surface area contributed by atoms with E-state index in [2.05, 4.69) is 33.8 Å². The van der Waals surface area contributed by atoms with Crippen LogP contribution in [0.25, 0.3) is 12.2 Å². The number of esters is 2. The lowest BCUT2D eigenvalue weighted by molar-refractivity contribution is -0.174. The molecule has 3 rings (SSSR count). The topological polar surface area (TPSA) is 134 Å². The van der Waals surface area contributed by atoms with E-state index in [1.54, 1.807) is 6.08 Å². The monoisotopic (exact) mass is 524 g/mol. The lowest BCUT2D eigenvalue weighted by Gasteiger charge is -2.35. The molecule has 0 aromatic heterocycles. The summed E-state index contributed by atoms with van der Waals surface area (Å²) in [5.41, 5.74) is 3.78. The summed E-state index contributed by atoms with van der Waals surface area (Å²) in [6, 6.07) is 10.1. The van der Waals surface area contributed by atoms with Crippen LogP contribution in [0.5, 0.6) is 11.5 Å². The van der Waals surface area contributed by atoms with Crippen molar-refractivity contribution in [1.29, 1.82) is 0 Å². The molecule has 0 amide bonds. The van der Waals surface area contributed by atoms with E-state index in [0.717, 1.165) is 11.6 Å². The molecule has 38 heavy (non-hydrogen) atoms. The number of benzene rings is 2. The Morgan fingerprint density at radius 2 is 1.37 bits per heavy atom. The first-order valence-corrected chi connectivity index (χ1v) is 12.7. The van der Waals surface area contributed by atoms with Crippen molar-refractivity contribution in [3.05, 3.63) is 70.8 Å². The van der Waals surface area contributed by atoms with Gasteiger partial charge >= 0.3 is 11.9 Å². The van der Waals surface area contributed by atoms with Crippen molar-refractivity contribution >= 4 is 24.1 Å². The Bertz CT molecular complexity index is 1200. The molecule has 0 unspecified atom stereocenters. The van der Waals surface area contributed by atoms with Gasteiger partial charge in [-0.2, -0.15) is 0 Å². The Balaban J connectivity index is 1.61. The first kappa shape index (κ1) is 28.9. The summed E-state index contributed by atoms with van der Waals surface area (Å²) in [7, 11) is 0. The minimum atomic E-state index is -1.31. The zero-order valence-electron chi connectivity index (χ0n) is 22.1. The first-order valence-electron chi connectivity index (χ1n) is 12.7. The second kappa shape index (κ2) is 12.8. The van der Waals surface area contributed by atoms with E-state index in [-0.39, 0.29) is 24.3 Å². The van der Waals surface area contributed by atoms with Crippen LogP contribution in [0.15, 0.2) is 48.6 Å². The number of hydrogen-bond acceptors (Lipinski definition) is 8. The van der Waals surface area contributed by atoms with Crippen molar-refractivity contribution in [3.8, 4) is 11.5 Å². The largest absolute Gasteiger partial charge is 0.504 e. The molecule has 4 atom stereocenters. The molecule has 8 heteroatoms. The van der Waals surface area contributed by atoms with Gasteiger partial charge in [0.25, 0.3) is 0 Å². The molecule has 1 saturated carbocycles. The first-order chi connectivity index (χ1) is 17.9. The smallest absolute Gasteiger partial charge is 0.331 e. The SMILES string of the molecule is CC(C)c1ccc(/C=C/C(=O)O[C@@H]2C[C@H](OC(=O)/C=C/c3ccc(O)c(O)c3)C[C@@H](O)[C@@H]2O)cc1C(C)C. The second-order valence-electron chi connectivity index (χ2n) is 10.2. The van der Waals surface area contributed by atoms with Gasteiger partial charge in [-0.1, -0.05) is 52.0 Å². The Morgan fingerprint density at radius 3 is 1.97 bits per heavy atom. The zero-order valence-corrected chi connectivity index (χ0v) is 22.1. The number of aromatic hydroxyl groups is 2. The third-order valence-electron chi connectivity index (χ3n) is 6.50. The molecule has 0 aliphatic heterocycles. The molecule has 1 aliphatic rings. The molecule has 2 aromatic carbocycles. The Morgan fingerprint density at radius 1 is 0.789 bits per heavy atom. The highest BCUT2D eigenvalue weighted by Gasteiger charge is 2.39. The van der Waals surface area contributed by atoms with E-state index in [1.807, 2.05) is 12.1 Å². The lowest BCUT2D eigenvalue weighted by atomic mass is 9.89. The summed E-state index contributed by atoms with van der Waals surface area (Å²) < 4.78 is 10.8. The average molecular weight is 525 g/mol. The van der Waals surface area contributed by atoms with E-state index in [1.165, 1.54) is 41.5 Å². The fraction of sp³-hybridized carbons (Fsp3) is 0.400. The Kier molecular flexibility index (Phi) is 9.72. The number of hydrogen-bond donors (Lipinski definition) is 4. The summed E-state index contributed by atoms with van der Waals surface area (Å²) in [5.74, 6) is -1.28. The summed E-state index contributed by atoms with van der Waals surface area (Å²) in [5, 5.41) is 39.5. The van der Waals surface area contributed by atoms with Crippen molar-refractivity contribution < 1.29 is 39.5 Å². The van der Waals surface area contributed by atoms with Crippen molar-refractivity contribution in [2.75, 3.05) is 0 Å². The highest BCUT2D eigenvalue weighted by Crippen LogP contribution is 2.29. The van der Waals surface area contributed by atoms with Crippen molar-refractivity contribution in [1.82, 2.24) is 0 Å². The van der Waals surface area contributed by atoms with Gasteiger partial charge in [0.15, 0.2) is 11.5 Å². The normalized spacial score (nSPS) is 21.9. The van der Waals surface area contributed by atoms with Crippen LogP contribution in [-0.2, 0) is 19.1 Å². The molecule has 1 fully saturated rings. The van der Waals surface area contributed by atoms with Crippen LogP contribution in [-0.4, -0.2) is 56.8 Å². The number of phenols is 2. The third kappa shape index (κ3) is 7.69. The maximum Gasteiger partial charge on any atom is 0.331 e. The molecule has 2 aromatic rings. The Labute approximate surface area is 222 Å². The highest BCUT2D eigenvalue weighted by atomic mass is 16.6. The van der Waals surface area contributed by atoms with Crippen molar-refractivity contribution in [3.63, 3.8) is 0 Å². The average Bonchev–Trinajstić information content (AvgIpc) is 2.86. The van der Waals surface area contributed by atoms with Gasteiger partial charge in [0.05, 0.1) is 6.10 Å². The van der Waals surface area contributed by atoms with Crippen molar-refractivity contribution in [2.45, 2.75) is 76.8 Å². The predicted octanol–water partition coefficient (Wildman–Crippen LogP) is 4.41. The number of carbonyl (C=O) groups is 2. The maximum atomic E-state index is 12.5. The number of aliphatic hydroxyl groups excluding tert-OH is 2. The van der Waals surface area contributed by atoms with Crippen LogP contribution in [0.2, 0.25) is 0 Å². The lowest BCUT2D eigenvalue weighted by Crippen LogP contribution is -2.49. The number of ether oxygens (including phenoxy) is 2. The van der Waals surface area contributed by atoms with Gasteiger partial charge < -0.3 is 29.9 Å². The molecule has 204 valence electrons. The van der Waals surface area contributed by atoms with Crippen LogP contribution < -0.4 is 0 Å². The zero-order chi connectivity index (χ0) is 28.0. The van der Waals surface area contributed by atoms with E-state index in [0.29, 0.717) is 17.4 Å². The van der Waals surface area contributed by atoms with Crippen molar-refractivity contribution in [2.24, 2.45) is 0 Å². The highest BCUT2D eigenvalue weighted by molar-refractivity contribution is 5.88. The van der Waals surface area contributed by atoms with E-state index in [4.69, 9.17) is 9.47 Å². The second-order valence-corrected chi connectivity index (χ2v) is 10.2. The van der Waals surface area contributed by atoms with Crippen LogP contribution >= 0.6 is 0 Å². The van der Waals surface area contributed by atoms with Crippen LogP contribution in [0.1, 0.15) is 74.6 Å². The molecule has 0 spiro atoms. The molecule has 1 aliphatic carbocycles. The molecule has 0 saturated heterocycles. The maximum absolute atomic E-state index is 12.5. The summed E-state index contributed by atoms with van der Waals surface area (Å²) in [4.78, 5) is 24.8. The van der Waals surface area contributed by atoms with Crippen LogP contribution in [0.3, 0.4) is 0 Å². The molecule has 8 nitrogen and oxygen atoms in total. The van der Waals surface area contributed by atoms with Gasteiger partial charge in [0.1, 0.15) is 18.3 Å². The molecular weight excluding hydrogens is 488 g/mol. The fourth-order valence-electron chi connectivity index (χ4n) is 4.45. The number of carbonyl (C=O) groups excluding carboxylic acids is 2. The minimum Gasteiger partial charge on any atom is -0.504 e. The molecule has 0 bridgehead atoms. The van der Waals surface area contributed by atoms with Gasteiger partial charge in [-0.25, -0.2) is 9.59 Å². The van der Waals surface area contributed by atoms with Gasteiger partial charge in [-0.05, 0) is 58.4 Å². The van der Waals surface area contributed by atoms with E-state index < -0.39 is 36.4 Å². The summed E-state index contributed by atoms with van der Waals surface area (Å²) >= 11 is 0. The standard InChI is InChI=1S/C30H36O8/c1-17(2)22-9-5-19(13-23(22)18(3)4)7-12-29(35)38-27-16-21(15-26(33)30(27)36)37-28(34)11-8-20-6-10-24(31)25(32)14-20/h5-14,17-18,21,26-27,30-33,36H,15-16H2,1-4H3/b11-8+,12-7+/t21-,26-,27-,30+/m1/s1. The molecule has 0 radical (unpaired) electrons. The Hall–Kier alpha value is -3.62. The molecular formula is C30H36O8. The number of aliphatic hydroxyl groups is 2. The third-order valence-corrected chi connectivity index (χ3v) is 6.50. The number of rotatable bonds is 8. The predicted molar refractivity (Wildman–Crippen MR) is 143 cm³/mol.